The summed E-state index contributed by atoms with van der Waals surface area (Å²) in [6, 6.07) is 10.0. The van der Waals surface area contributed by atoms with Gasteiger partial charge < -0.3 is 5.32 Å². The van der Waals surface area contributed by atoms with Crippen molar-refractivity contribution in [3.05, 3.63) is 58.4 Å². The van der Waals surface area contributed by atoms with Gasteiger partial charge in [-0.15, -0.1) is 11.8 Å². The lowest BCUT2D eigenvalue weighted by atomic mass is 10.2. The van der Waals surface area contributed by atoms with Gasteiger partial charge in [-0.25, -0.2) is 4.39 Å². The summed E-state index contributed by atoms with van der Waals surface area (Å²) in [5, 5.41) is 2.63. The van der Waals surface area contributed by atoms with Crippen LogP contribution in [0.1, 0.15) is 18.1 Å². The summed E-state index contributed by atoms with van der Waals surface area (Å²) in [7, 11) is 0. The molecule has 0 fully saturated rings. The van der Waals surface area contributed by atoms with Gasteiger partial charge in [-0.1, -0.05) is 29.3 Å². The van der Waals surface area contributed by atoms with Crippen LogP contribution in [0.2, 0.25) is 5.02 Å². The zero-order chi connectivity index (χ0) is 16.3. The molecule has 1 atom stereocenters. The first-order chi connectivity index (χ1) is 10.4. The Labute approximate surface area is 139 Å². The molecule has 2 aromatic rings. The number of aryl methyl sites for hydroxylation is 2. The number of hydrogen-bond donors (Lipinski definition) is 1. The second-order valence-corrected chi connectivity index (χ2v) is 6.93. The number of thioether (sulfide) groups is 1. The molecule has 0 aliphatic rings. The molecule has 2 rings (SSSR count). The number of rotatable bonds is 4. The Balaban J connectivity index is 2.05. The molecule has 0 saturated carbocycles. The summed E-state index contributed by atoms with van der Waals surface area (Å²) < 4.78 is 13.0. The Bertz CT molecular complexity index is 705. The molecule has 5 heteroatoms. The SMILES string of the molecule is Cc1ccc(SC(C)C(=O)Nc2ccc(F)cc2Cl)c(C)c1. The summed E-state index contributed by atoms with van der Waals surface area (Å²) in [6.45, 7) is 5.89. The highest BCUT2D eigenvalue weighted by atomic mass is 35.5. The molecule has 116 valence electrons. The number of nitrogens with one attached hydrogen (secondary N) is 1. The average molecular weight is 338 g/mol. The van der Waals surface area contributed by atoms with Crippen molar-refractivity contribution in [1.82, 2.24) is 0 Å². The molecule has 0 aliphatic heterocycles. The number of amides is 1. The molecule has 1 unspecified atom stereocenters. The first-order valence-corrected chi connectivity index (χ1v) is 8.12. The monoisotopic (exact) mass is 337 g/mol. The van der Waals surface area contributed by atoms with E-state index in [1.165, 1.54) is 35.5 Å². The van der Waals surface area contributed by atoms with Gasteiger partial charge in [-0.3, -0.25) is 4.79 Å². The lowest BCUT2D eigenvalue weighted by molar-refractivity contribution is -0.115. The van der Waals surface area contributed by atoms with Gasteiger partial charge in [0.15, 0.2) is 0 Å². The normalized spacial score (nSPS) is 12.0. The van der Waals surface area contributed by atoms with Crippen LogP contribution in [0.25, 0.3) is 0 Å². The molecule has 1 amide bonds. The Morgan fingerprint density at radius 3 is 2.59 bits per heavy atom. The lowest BCUT2D eigenvalue weighted by Gasteiger charge is -2.14. The van der Waals surface area contributed by atoms with E-state index >= 15 is 0 Å². The Kier molecular flexibility index (Phi) is 5.48. The fourth-order valence-electron chi connectivity index (χ4n) is 2.00. The van der Waals surface area contributed by atoms with Crippen molar-refractivity contribution in [3.63, 3.8) is 0 Å². The van der Waals surface area contributed by atoms with E-state index in [9.17, 15) is 9.18 Å². The standard InChI is InChI=1S/C17H17ClFNOS/c1-10-4-7-16(11(2)8-10)22-12(3)17(21)20-15-6-5-13(19)9-14(15)18/h4-9,12H,1-3H3,(H,20,21). The Hall–Kier alpha value is -1.52. The van der Waals surface area contributed by atoms with Crippen LogP contribution in [0.15, 0.2) is 41.3 Å². The molecule has 0 radical (unpaired) electrons. The maximum atomic E-state index is 13.0. The molecule has 1 N–H and O–H groups in total. The molecule has 0 heterocycles. The van der Waals surface area contributed by atoms with Crippen LogP contribution in [-0.4, -0.2) is 11.2 Å². The number of halogens is 2. The van der Waals surface area contributed by atoms with E-state index in [1.807, 2.05) is 32.9 Å². The highest BCUT2D eigenvalue weighted by Gasteiger charge is 2.16. The number of anilines is 1. The van der Waals surface area contributed by atoms with Crippen LogP contribution in [0.3, 0.4) is 0 Å². The van der Waals surface area contributed by atoms with E-state index in [1.54, 1.807) is 0 Å². The quantitative estimate of drug-likeness (QED) is 0.775. The van der Waals surface area contributed by atoms with Crippen molar-refractivity contribution in [2.75, 3.05) is 5.32 Å². The third-order valence-corrected chi connectivity index (χ3v) is 4.78. The van der Waals surface area contributed by atoms with Gasteiger partial charge in [0.1, 0.15) is 5.82 Å². The van der Waals surface area contributed by atoms with Crippen LogP contribution < -0.4 is 5.32 Å². The number of carbonyl (C=O) groups excluding carboxylic acids is 1. The molecule has 0 aromatic heterocycles. The Morgan fingerprint density at radius 2 is 1.95 bits per heavy atom. The average Bonchev–Trinajstić information content (AvgIpc) is 2.44. The van der Waals surface area contributed by atoms with E-state index in [0.717, 1.165) is 10.5 Å². The summed E-state index contributed by atoms with van der Waals surface area (Å²) in [5.41, 5.74) is 2.75. The van der Waals surface area contributed by atoms with Gasteiger partial charge in [-0.05, 0) is 50.6 Å². The summed E-state index contributed by atoms with van der Waals surface area (Å²) in [5.74, 6) is -0.598. The zero-order valence-electron chi connectivity index (χ0n) is 12.6. The largest absolute Gasteiger partial charge is 0.324 e. The predicted octanol–water partition coefficient (Wildman–Crippen LogP) is 5.22. The molecule has 0 bridgehead atoms. The van der Waals surface area contributed by atoms with Crippen LogP contribution in [0, 0.1) is 19.7 Å². The summed E-state index contributed by atoms with van der Waals surface area (Å²) in [6.07, 6.45) is 0. The van der Waals surface area contributed by atoms with E-state index in [4.69, 9.17) is 11.6 Å². The van der Waals surface area contributed by atoms with Crippen molar-refractivity contribution >= 4 is 35.0 Å². The minimum atomic E-state index is -0.430. The molecule has 0 spiro atoms. The van der Waals surface area contributed by atoms with E-state index in [2.05, 4.69) is 11.4 Å². The fraction of sp³-hybridized carbons (Fsp3) is 0.235. The second kappa shape index (κ2) is 7.16. The lowest BCUT2D eigenvalue weighted by Crippen LogP contribution is -2.22. The smallest absolute Gasteiger partial charge is 0.237 e. The van der Waals surface area contributed by atoms with Gasteiger partial charge >= 0.3 is 0 Å². The maximum Gasteiger partial charge on any atom is 0.237 e. The number of hydrogen-bond acceptors (Lipinski definition) is 2. The molecular weight excluding hydrogens is 321 g/mol. The zero-order valence-corrected chi connectivity index (χ0v) is 14.2. The van der Waals surface area contributed by atoms with Gasteiger partial charge in [0.2, 0.25) is 5.91 Å². The molecule has 2 aromatic carbocycles. The molecule has 22 heavy (non-hydrogen) atoms. The van der Waals surface area contributed by atoms with Gasteiger partial charge in [0.25, 0.3) is 0 Å². The Morgan fingerprint density at radius 1 is 1.23 bits per heavy atom. The minimum absolute atomic E-state index is 0.168. The third-order valence-electron chi connectivity index (χ3n) is 3.19. The second-order valence-electron chi connectivity index (χ2n) is 5.14. The molecule has 0 aliphatic carbocycles. The number of benzene rings is 2. The molecular formula is C17H17ClFNOS. The van der Waals surface area contributed by atoms with E-state index in [0.29, 0.717) is 5.69 Å². The van der Waals surface area contributed by atoms with Crippen molar-refractivity contribution in [2.24, 2.45) is 0 Å². The topological polar surface area (TPSA) is 29.1 Å². The van der Waals surface area contributed by atoms with Crippen LogP contribution >= 0.6 is 23.4 Å². The highest BCUT2D eigenvalue weighted by Crippen LogP contribution is 2.29. The number of carbonyl (C=O) groups is 1. The first-order valence-electron chi connectivity index (χ1n) is 6.86. The van der Waals surface area contributed by atoms with E-state index < -0.39 is 5.82 Å². The van der Waals surface area contributed by atoms with Gasteiger partial charge in [0.05, 0.1) is 16.0 Å². The van der Waals surface area contributed by atoms with Gasteiger partial charge in [-0.2, -0.15) is 0 Å². The van der Waals surface area contributed by atoms with Crippen molar-refractivity contribution in [3.8, 4) is 0 Å². The highest BCUT2D eigenvalue weighted by molar-refractivity contribution is 8.00. The van der Waals surface area contributed by atoms with Gasteiger partial charge in [0, 0.05) is 4.90 Å². The van der Waals surface area contributed by atoms with Crippen molar-refractivity contribution in [2.45, 2.75) is 30.9 Å². The fourth-order valence-corrected chi connectivity index (χ4v) is 3.15. The van der Waals surface area contributed by atoms with Crippen LogP contribution in [0.4, 0.5) is 10.1 Å². The first kappa shape index (κ1) is 16.8. The molecule has 2 nitrogen and oxygen atoms in total. The maximum absolute atomic E-state index is 13.0. The van der Waals surface area contributed by atoms with Crippen molar-refractivity contribution < 1.29 is 9.18 Å². The minimum Gasteiger partial charge on any atom is -0.324 e. The van der Waals surface area contributed by atoms with E-state index in [-0.39, 0.29) is 16.2 Å². The van der Waals surface area contributed by atoms with Crippen molar-refractivity contribution in [1.29, 1.82) is 0 Å². The summed E-state index contributed by atoms with van der Waals surface area (Å²) >= 11 is 7.41. The third kappa shape index (κ3) is 4.24. The molecule has 0 saturated heterocycles. The summed E-state index contributed by atoms with van der Waals surface area (Å²) in [4.78, 5) is 13.3. The predicted molar refractivity (Wildman–Crippen MR) is 91.3 cm³/mol. The van der Waals surface area contributed by atoms with Crippen LogP contribution in [0.5, 0.6) is 0 Å². The van der Waals surface area contributed by atoms with Crippen LogP contribution in [-0.2, 0) is 4.79 Å².